The summed E-state index contributed by atoms with van der Waals surface area (Å²) in [6.45, 7) is 6.65. The topological polar surface area (TPSA) is 52.7 Å². The maximum atomic E-state index is 9.65. The lowest BCUT2D eigenvalue weighted by atomic mass is 9.95. The standard InChI is InChI=1S/C14H31N3O/c1-11(2)8-13(15)14(10-18)17-7-5-6-12(9-17)16(3)4/h11-14,18H,5-10,15H2,1-4H3. The predicted octanol–water partition coefficient (Wildman–Crippen LogP) is 0.747. The molecule has 0 aromatic carbocycles. The molecular weight excluding hydrogens is 226 g/mol. The summed E-state index contributed by atoms with van der Waals surface area (Å²) in [5.74, 6) is 0.587. The first-order valence-corrected chi connectivity index (χ1v) is 7.22. The van der Waals surface area contributed by atoms with E-state index in [-0.39, 0.29) is 18.7 Å². The van der Waals surface area contributed by atoms with E-state index in [1.807, 2.05) is 0 Å². The highest BCUT2D eigenvalue weighted by Crippen LogP contribution is 2.19. The summed E-state index contributed by atoms with van der Waals surface area (Å²) < 4.78 is 0. The van der Waals surface area contributed by atoms with Crippen molar-refractivity contribution in [3.05, 3.63) is 0 Å². The molecule has 3 unspecified atom stereocenters. The van der Waals surface area contributed by atoms with Crippen LogP contribution in [0.15, 0.2) is 0 Å². The van der Waals surface area contributed by atoms with Gasteiger partial charge in [-0.1, -0.05) is 13.8 Å². The van der Waals surface area contributed by atoms with Gasteiger partial charge in [0.05, 0.1) is 6.61 Å². The van der Waals surface area contributed by atoms with Gasteiger partial charge in [0.25, 0.3) is 0 Å². The van der Waals surface area contributed by atoms with Gasteiger partial charge in [-0.25, -0.2) is 0 Å². The normalized spacial score (nSPS) is 25.7. The molecule has 1 heterocycles. The van der Waals surface area contributed by atoms with Gasteiger partial charge in [-0.15, -0.1) is 0 Å². The van der Waals surface area contributed by atoms with Crippen LogP contribution in [0.4, 0.5) is 0 Å². The Morgan fingerprint density at radius 3 is 2.56 bits per heavy atom. The zero-order valence-electron chi connectivity index (χ0n) is 12.5. The van der Waals surface area contributed by atoms with Gasteiger partial charge in [-0.3, -0.25) is 4.90 Å². The number of piperidine rings is 1. The maximum absolute atomic E-state index is 9.65. The molecule has 4 heteroatoms. The number of aliphatic hydroxyl groups excluding tert-OH is 1. The van der Waals surface area contributed by atoms with Crippen LogP contribution in [0.5, 0.6) is 0 Å². The summed E-state index contributed by atoms with van der Waals surface area (Å²) in [7, 11) is 4.27. The lowest BCUT2D eigenvalue weighted by Gasteiger charge is -2.42. The van der Waals surface area contributed by atoms with Gasteiger partial charge in [0.1, 0.15) is 0 Å². The maximum Gasteiger partial charge on any atom is 0.0601 e. The molecule has 1 fully saturated rings. The fourth-order valence-corrected chi connectivity index (χ4v) is 2.93. The number of likely N-dealkylation sites (tertiary alicyclic amines) is 1. The lowest BCUT2D eigenvalue weighted by molar-refractivity contribution is 0.0493. The van der Waals surface area contributed by atoms with Crippen LogP contribution >= 0.6 is 0 Å². The molecular formula is C14H31N3O. The third-order valence-electron chi connectivity index (χ3n) is 4.05. The van der Waals surface area contributed by atoms with Crippen molar-refractivity contribution in [3.63, 3.8) is 0 Å². The van der Waals surface area contributed by atoms with Gasteiger partial charge >= 0.3 is 0 Å². The summed E-state index contributed by atoms with van der Waals surface area (Å²) >= 11 is 0. The predicted molar refractivity (Wildman–Crippen MR) is 76.6 cm³/mol. The summed E-state index contributed by atoms with van der Waals surface area (Å²) in [6, 6.07) is 0.796. The van der Waals surface area contributed by atoms with E-state index < -0.39 is 0 Å². The third-order valence-corrected chi connectivity index (χ3v) is 4.05. The van der Waals surface area contributed by atoms with Crippen LogP contribution in [0.3, 0.4) is 0 Å². The highest BCUT2D eigenvalue weighted by molar-refractivity contribution is 4.88. The summed E-state index contributed by atoms with van der Waals surface area (Å²) in [5, 5.41) is 9.65. The fraction of sp³-hybridized carbons (Fsp3) is 1.00. The summed E-state index contributed by atoms with van der Waals surface area (Å²) in [5.41, 5.74) is 6.27. The van der Waals surface area contributed by atoms with E-state index >= 15 is 0 Å². The first kappa shape index (κ1) is 15.9. The minimum absolute atomic E-state index is 0.0795. The Kier molecular flexibility index (Phi) is 6.57. The monoisotopic (exact) mass is 257 g/mol. The number of nitrogens with zero attached hydrogens (tertiary/aromatic N) is 2. The second kappa shape index (κ2) is 7.43. The van der Waals surface area contributed by atoms with Crippen molar-refractivity contribution < 1.29 is 5.11 Å². The van der Waals surface area contributed by atoms with Gasteiger partial charge in [-0.2, -0.15) is 0 Å². The molecule has 1 rings (SSSR count). The molecule has 1 saturated heterocycles. The molecule has 0 aromatic rings. The van der Waals surface area contributed by atoms with Gasteiger partial charge in [0.2, 0.25) is 0 Å². The van der Waals surface area contributed by atoms with Crippen molar-refractivity contribution in [1.29, 1.82) is 0 Å². The Morgan fingerprint density at radius 1 is 1.39 bits per heavy atom. The van der Waals surface area contributed by atoms with E-state index in [9.17, 15) is 5.11 Å². The molecule has 4 nitrogen and oxygen atoms in total. The number of likely N-dealkylation sites (N-methyl/N-ethyl adjacent to an activating group) is 1. The van der Waals surface area contributed by atoms with E-state index in [1.54, 1.807) is 0 Å². The van der Waals surface area contributed by atoms with Crippen molar-refractivity contribution in [1.82, 2.24) is 9.80 Å². The molecule has 0 spiro atoms. The molecule has 0 aliphatic carbocycles. The van der Waals surface area contributed by atoms with Crippen molar-refractivity contribution in [2.45, 2.75) is 51.2 Å². The zero-order valence-corrected chi connectivity index (χ0v) is 12.5. The minimum Gasteiger partial charge on any atom is -0.395 e. The van der Waals surface area contributed by atoms with Crippen molar-refractivity contribution >= 4 is 0 Å². The molecule has 0 aromatic heterocycles. The van der Waals surface area contributed by atoms with Gasteiger partial charge in [0, 0.05) is 24.7 Å². The number of hydrogen-bond donors (Lipinski definition) is 2. The van der Waals surface area contributed by atoms with E-state index in [4.69, 9.17) is 5.73 Å². The van der Waals surface area contributed by atoms with Crippen molar-refractivity contribution in [2.24, 2.45) is 11.7 Å². The molecule has 0 radical (unpaired) electrons. The molecule has 3 N–H and O–H groups in total. The number of nitrogens with two attached hydrogens (primary N) is 1. The molecule has 108 valence electrons. The Balaban J connectivity index is 2.58. The molecule has 0 amide bonds. The molecule has 3 atom stereocenters. The van der Waals surface area contributed by atoms with E-state index in [1.165, 1.54) is 12.8 Å². The number of hydrogen-bond acceptors (Lipinski definition) is 4. The highest BCUT2D eigenvalue weighted by Gasteiger charge is 2.30. The second-order valence-corrected chi connectivity index (χ2v) is 6.30. The Morgan fingerprint density at radius 2 is 2.06 bits per heavy atom. The van der Waals surface area contributed by atoms with Crippen molar-refractivity contribution in [3.8, 4) is 0 Å². The molecule has 18 heavy (non-hydrogen) atoms. The molecule has 0 saturated carbocycles. The Bertz CT molecular complexity index is 233. The van der Waals surface area contributed by atoms with Crippen LogP contribution in [0, 0.1) is 5.92 Å². The highest BCUT2D eigenvalue weighted by atomic mass is 16.3. The first-order valence-electron chi connectivity index (χ1n) is 7.22. The third kappa shape index (κ3) is 4.50. The zero-order chi connectivity index (χ0) is 13.7. The SMILES string of the molecule is CC(C)CC(N)C(CO)N1CCCC(N(C)C)C1. The quantitative estimate of drug-likeness (QED) is 0.737. The van der Waals surface area contributed by atoms with Crippen LogP contribution in [0.25, 0.3) is 0 Å². The average Bonchev–Trinajstić information content (AvgIpc) is 2.29. The number of aliphatic hydroxyl groups is 1. The lowest BCUT2D eigenvalue weighted by Crippen LogP contribution is -2.56. The van der Waals surface area contributed by atoms with Gasteiger partial charge in [-0.05, 0) is 45.8 Å². The van der Waals surface area contributed by atoms with Gasteiger partial charge < -0.3 is 15.7 Å². The Hall–Kier alpha value is -0.160. The second-order valence-electron chi connectivity index (χ2n) is 6.30. The summed E-state index contributed by atoms with van der Waals surface area (Å²) in [6.07, 6.45) is 3.43. The van der Waals surface area contributed by atoms with Crippen molar-refractivity contribution in [2.75, 3.05) is 33.8 Å². The van der Waals surface area contributed by atoms with E-state index in [2.05, 4.69) is 37.7 Å². The smallest absolute Gasteiger partial charge is 0.0601 e. The van der Waals surface area contributed by atoms with Crippen LogP contribution in [0.2, 0.25) is 0 Å². The summed E-state index contributed by atoms with van der Waals surface area (Å²) in [4.78, 5) is 4.68. The van der Waals surface area contributed by atoms with Gasteiger partial charge in [0.15, 0.2) is 0 Å². The average molecular weight is 257 g/mol. The minimum atomic E-state index is 0.0795. The van der Waals surface area contributed by atoms with E-state index in [0.29, 0.717) is 12.0 Å². The molecule has 1 aliphatic heterocycles. The van der Waals surface area contributed by atoms with Crippen LogP contribution < -0.4 is 5.73 Å². The Labute approximate surface area is 112 Å². The van der Waals surface area contributed by atoms with Crippen LogP contribution in [-0.4, -0.2) is 66.8 Å². The van der Waals surface area contributed by atoms with E-state index in [0.717, 1.165) is 19.5 Å². The number of rotatable bonds is 6. The van der Waals surface area contributed by atoms with Crippen LogP contribution in [-0.2, 0) is 0 Å². The molecule has 1 aliphatic rings. The fourth-order valence-electron chi connectivity index (χ4n) is 2.93. The largest absolute Gasteiger partial charge is 0.395 e. The first-order chi connectivity index (χ1) is 8.45. The molecule has 0 bridgehead atoms. The van der Waals surface area contributed by atoms with Crippen LogP contribution in [0.1, 0.15) is 33.1 Å².